The molecule has 4 nitrogen and oxygen atoms in total. The van der Waals surface area contributed by atoms with Crippen molar-refractivity contribution in [1.29, 1.82) is 0 Å². The van der Waals surface area contributed by atoms with E-state index in [0.717, 1.165) is 8.66 Å². The molecule has 6 heteroatoms. The van der Waals surface area contributed by atoms with Crippen LogP contribution in [0.4, 0.5) is 5.69 Å². The summed E-state index contributed by atoms with van der Waals surface area (Å²) in [5.74, 6) is -0.221. The Morgan fingerprint density at radius 1 is 1.47 bits per heavy atom. The summed E-state index contributed by atoms with van der Waals surface area (Å²) in [4.78, 5) is 16.8. The molecule has 0 radical (unpaired) electrons. The third-order valence-electron chi connectivity index (χ3n) is 2.07. The van der Waals surface area contributed by atoms with E-state index in [1.54, 1.807) is 23.5 Å². The lowest BCUT2D eigenvalue weighted by atomic mass is 10.3. The molecule has 0 unspecified atom stereocenters. The number of halogens is 1. The average molecular weight is 312 g/mol. The van der Waals surface area contributed by atoms with E-state index < -0.39 is 0 Å². The Morgan fingerprint density at radius 2 is 2.29 bits per heavy atom. The largest absolute Gasteiger partial charge is 0.399 e. The number of amides is 1. The Morgan fingerprint density at radius 3 is 2.94 bits per heavy atom. The lowest BCUT2D eigenvalue weighted by Crippen LogP contribution is -2.23. The molecule has 2 heterocycles. The summed E-state index contributed by atoms with van der Waals surface area (Å²) in [5.41, 5.74) is 6.45. The molecule has 0 fully saturated rings. The molecule has 1 amide bonds. The van der Waals surface area contributed by atoms with Crippen LogP contribution in [0, 0.1) is 0 Å². The number of nitrogens with two attached hydrogens (primary N) is 1. The summed E-state index contributed by atoms with van der Waals surface area (Å²) in [5, 5.41) is 2.79. The van der Waals surface area contributed by atoms with Gasteiger partial charge in [-0.1, -0.05) is 0 Å². The number of hydrogen-bond donors (Lipinski definition) is 2. The van der Waals surface area contributed by atoms with Gasteiger partial charge in [0.05, 0.1) is 10.3 Å². The van der Waals surface area contributed by atoms with Crippen LogP contribution < -0.4 is 11.1 Å². The first-order valence-corrected chi connectivity index (χ1v) is 6.50. The zero-order valence-corrected chi connectivity index (χ0v) is 11.2. The lowest BCUT2D eigenvalue weighted by molar-refractivity contribution is 0.0946. The van der Waals surface area contributed by atoms with Crippen LogP contribution >= 0.6 is 27.3 Å². The van der Waals surface area contributed by atoms with Gasteiger partial charge in [-0.3, -0.25) is 9.78 Å². The molecule has 0 aliphatic rings. The van der Waals surface area contributed by atoms with Crippen molar-refractivity contribution in [3.05, 3.63) is 44.8 Å². The Labute approximate surface area is 111 Å². The zero-order chi connectivity index (χ0) is 12.3. The average Bonchev–Trinajstić information content (AvgIpc) is 2.72. The van der Waals surface area contributed by atoms with Crippen molar-refractivity contribution in [3.63, 3.8) is 0 Å². The molecule has 3 N–H and O–H groups in total. The number of aromatic nitrogens is 1. The fourth-order valence-electron chi connectivity index (χ4n) is 1.28. The van der Waals surface area contributed by atoms with Crippen LogP contribution in [0.25, 0.3) is 0 Å². The molecule has 88 valence electrons. The number of nitrogen functional groups attached to an aromatic ring is 1. The maximum atomic E-state index is 11.7. The number of hydrogen-bond acceptors (Lipinski definition) is 4. The molecule has 0 aliphatic heterocycles. The van der Waals surface area contributed by atoms with E-state index in [0.29, 0.717) is 17.9 Å². The molecule has 0 bridgehead atoms. The molecule has 0 atom stereocenters. The quantitative estimate of drug-likeness (QED) is 0.914. The van der Waals surface area contributed by atoms with E-state index in [1.807, 2.05) is 12.1 Å². The number of carbonyl (C=O) groups excluding carboxylic acids is 1. The molecule has 0 saturated heterocycles. The number of anilines is 1. The van der Waals surface area contributed by atoms with Crippen molar-refractivity contribution in [3.8, 4) is 0 Å². The van der Waals surface area contributed by atoms with Crippen molar-refractivity contribution in [1.82, 2.24) is 10.3 Å². The van der Waals surface area contributed by atoms with Crippen molar-refractivity contribution in [2.24, 2.45) is 0 Å². The van der Waals surface area contributed by atoms with Gasteiger partial charge < -0.3 is 11.1 Å². The molecule has 17 heavy (non-hydrogen) atoms. The van der Waals surface area contributed by atoms with Crippen LogP contribution in [0.15, 0.2) is 34.2 Å². The van der Waals surface area contributed by atoms with Gasteiger partial charge in [-0.05, 0) is 40.2 Å². The summed E-state index contributed by atoms with van der Waals surface area (Å²) in [6, 6.07) is 7.11. The van der Waals surface area contributed by atoms with Gasteiger partial charge in [-0.25, -0.2) is 0 Å². The highest BCUT2D eigenvalue weighted by atomic mass is 79.9. The number of carbonyl (C=O) groups is 1. The Kier molecular flexibility index (Phi) is 3.75. The molecular weight excluding hydrogens is 302 g/mol. The van der Waals surface area contributed by atoms with Gasteiger partial charge in [0, 0.05) is 16.8 Å². The highest BCUT2D eigenvalue weighted by Gasteiger charge is 2.07. The molecule has 0 aromatic carbocycles. The highest BCUT2D eigenvalue weighted by molar-refractivity contribution is 9.11. The first-order chi connectivity index (χ1) is 8.15. The normalized spacial score (nSPS) is 10.2. The summed E-state index contributed by atoms with van der Waals surface area (Å²) < 4.78 is 1.05. The third-order valence-corrected chi connectivity index (χ3v) is 3.69. The zero-order valence-electron chi connectivity index (χ0n) is 8.81. The van der Waals surface area contributed by atoms with Gasteiger partial charge in [-0.2, -0.15) is 0 Å². The van der Waals surface area contributed by atoms with Gasteiger partial charge in [-0.15, -0.1) is 11.3 Å². The van der Waals surface area contributed by atoms with E-state index in [4.69, 9.17) is 5.73 Å². The maximum Gasteiger partial charge on any atom is 0.270 e. The summed E-state index contributed by atoms with van der Waals surface area (Å²) in [7, 11) is 0. The van der Waals surface area contributed by atoms with E-state index >= 15 is 0 Å². The highest BCUT2D eigenvalue weighted by Crippen LogP contribution is 2.21. The van der Waals surface area contributed by atoms with Crippen LogP contribution in [-0.4, -0.2) is 10.9 Å². The molecule has 0 aliphatic carbocycles. The maximum absolute atomic E-state index is 11.7. The van der Waals surface area contributed by atoms with Gasteiger partial charge in [0.15, 0.2) is 0 Å². The predicted molar refractivity (Wildman–Crippen MR) is 71.8 cm³/mol. The summed E-state index contributed by atoms with van der Waals surface area (Å²) in [6.07, 6.45) is 1.52. The van der Waals surface area contributed by atoms with Gasteiger partial charge in [0.2, 0.25) is 0 Å². The van der Waals surface area contributed by atoms with Gasteiger partial charge in [0.25, 0.3) is 5.91 Å². The topological polar surface area (TPSA) is 68.0 Å². The Bertz CT molecular complexity index is 541. The van der Waals surface area contributed by atoms with Crippen molar-refractivity contribution in [2.75, 3.05) is 5.73 Å². The fourth-order valence-corrected chi connectivity index (χ4v) is 2.70. The van der Waals surface area contributed by atoms with E-state index in [2.05, 4.69) is 26.2 Å². The second-order valence-electron chi connectivity index (χ2n) is 3.36. The molecule has 2 aromatic heterocycles. The summed E-state index contributed by atoms with van der Waals surface area (Å²) in [6.45, 7) is 0.492. The minimum atomic E-state index is -0.221. The van der Waals surface area contributed by atoms with Crippen LogP contribution in [0.1, 0.15) is 15.4 Å². The van der Waals surface area contributed by atoms with E-state index in [-0.39, 0.29) is 5.91 Å². The van der Waals surface area contributed by atoms with Crippen LogP contribution in [0.3, 0.4) is 0 Å². The standard InChI is InChI=1S/C11H10BrN3OS/c12-10-2-1-8(17-10)6-15-11(16)9-5-7(13)3-4-14-9/h1-5H,6H2,(H2,13,14)(H,15,16). The van der Waals surface area contributed by atoms with Crippen LogP contribution in [0.5, 0.6) is 0 Å². The predicted octanol–water partition coefficient (Wildman–Crippen LogP) is 2.42. The SMILES string of the molecule is Nc1ccnc(C(=O)NCc2ccc(Br)s2)c1. The van der Waals surface area contributed by atoms with Crippen molar-refractivity contribution < 1.29 is 4.79 Å². The molecule has 2 rings (SSSR count). The fraction of sp³-hybridized carbons (Fsp3) is 0.0909. The first-order valence-electron chi connectivity index (χ1n) is 4.89. The van der Waals surface area contributed by atoms with Crippen LogP contribution in [0.2, 0.25) is 0 Å². The molecule has 2 aromatic rings. The van der Waals surface area contributed by atoms with Crippen LogP contribution in [-0.2, 0) is 6.54 Å². The lowest BCUT2D eigenvalue weighted by Gasteiger charge is -2.03. The third kappa shape index (κ3) is 3.28. The number of nitrogens with zero attached hydrogens (tertiary/aromatic N) is 1. The number of rotatable bonds is 3. The minimum absolute atomic E-state index is 0.221. The number of pyridine rings is 1. The smallest absolute Gasteiger partial charge is 0.270 e. The Balaban J connectivity index is 1.98. The number of thiophene rings is 1. The van der Waals surface area contributed by atoms with Gasteiger partial charge >= 0.3 is 0 Å². The molecule has 0 saturated carbocycles. The van der Waals surface area contributed by atoms with Gasteiger partial charge in [0.1, 0.15) is 5.69 Å². The second-order valence-corrected chi connectivity index (χ2v) is 5.91. The van der Waals surface area contributed by atoms with Crippen molar-refractivity contribution in [2.45, 2.75) is 6.54 Å². The van der Waals surface area contributed by atoms with E-state index in [9.17, 15) is 4.79 Å². The number of nitrogens with one attached hydrogen (secondary N) is 1. The first kappa shape index (κ1) is 12.1. The molecule has 0 spiro atoms. The van der Waals surface area contributed by atoms with E-state index in [1.165, 1.54) is 6.20 Å². The minimum Gasteiger partial charge on any atom is -0.399 e. The summed E-state index contributed by atoms with van der Waals surface area (Å²) >= 11 is 4.96. The monoisotopic (exact) mass is 311 g/mol. The second kappa shape index (κ2) is 5.29. The molecular formula is C11H10BrN3OS. The van der Waals surface area contributed by atoms with Crippen molar-refractivity contribution >= 4 is 38.9 Å². The Hall–Kier alpha value is -1.40.